The van der Waals surface area contributed by atoms with Gasteiger partial charge < -0.3 is 0 Å². The minimum absolute atomic E-state index is 0.288. The van der Waals surface area contributed by atoms with Crippen molar-refractivity contribution in [3.8, 4) is 0 Å². The predicted molar refractivity (Wildman–Crippen MR) is 127 cm³/mol. The summed E-state index contributed by atoms with van der Waals surface area (Å²) in [5.74, 6) is 0.660. The van der Waals surface area contributed by atoms with Crippen LogP contribution in [-0.2, 0) is 4.79 Å². The van der Waals surface area contributed by atoms with Crippen LogP contribution in [0.3, 0.4) is 0 Å². The van der Waals surface area contributed by atoms with Gasteiger partial charge in [0, 0.05) is 0 Å². The summed E-state index contributed by atoms with van der Waals surface area (Å²) in [5, 5.41) is 0. The van der Waals surface area contributed by atoms with Crippen molar-refractivity contribution in [3.05, 3.63) is 24.3 Å². The fourth-order valence-electron chi connectivity index (χ4n) is 4.92. The first-order chi connectivity index (χ1) is 13.6. The van der Waals surface area contributed by atoms with E-state index in [0.29, 0.717) is 5.78 Å². The first kappa shape index (κ1) is 23.8. The van der Waals surface area contributed by atoms with E-state index in [2.05, 4.69) is 49.9 Å². The molecule has 0 saturated carbocycles. The van der Waals surface area contributed by atoms with Crippen molar-refractivity contribution in [2.24, 2.45) is 5.92 Å². The number of piperidine rings is 1. The van der Waals surface area contributed by atoms with Gasteiger partial charge in [0.2, 0.25) is 0 Å². The Bertz CT molecular complexity index is 553. The molecule has 1 fully saturated rings. The van der Waals surface area contributed by atoms with Gasteiger partial charge in [-0.3, -0.25) is 0 Å². The quantitative estimate of drug-likeness (QED) is 0.309. The first-order valence-electron chi connectivity index (χ1n) is 11.9. The summed E-state index contributed by atoms with van der Waals surface area (Å²) >= 11 is -2.30. The number of Topliss-reactive ketones (excluding diaryl/α,β-unsaturated/α-hetero) is 1. The first-order valence-corrected chi connectivity index (χ1v) is 19.4. The van der Waals surface area contributed by atoms with E-state index in [-0.39, 0.29) is 5.92 Å². The number of anilines is 1. The molecule has 2 nitrogen and oxygen atoms in total. The van der Waals surface area contributed by atoms with Crippen LogP contribution in [-0.4, -0.2) is 37.2 Å². The van der Waals surface area contributed by atoms with Crippen LogP contribution in [0.25, 0.3) is 0 Å². The minimum atomic E-state index is -2.30. The van der Waals surface area contributed by atoms with Crippen molar-refractivity contribution in [2.45, 2.75) is 92.4 Å². The summed E-state index contributed by atoms with van der Waals surface area (Å²) in [5.41, 5.74) is 1.37. The Hall–Kier alpha value is -0.511. The molecule has 3 heteroatoms. The standard InChI is InChI=1S/C13H16NO.3C4H9.Sn/c1-11(15)12-7-9-14(10-8-12)13-5-3-2-4-6-13;3*1-3-4-2;/h3-6,12H,7-10H2,1H3;3*1,3-4H2,2H3;. The zero-order valence-corrected chi connectivity index (χ0v) is 21.8. The maximum absolute atomic E-state index is 11.6. The zero-order chi connectivity index (χ0) is 20.4. The van der Waals surface area contributed by atoms with Crippen molar-refractivity contribution in [1.82, 2.24) is 0 Å². The third-order valence-corrected chi connectivity index (χ3v) is 22.6. The van der Waals surface area contributed by atoms with Crippen LogP contribution in [0.2, 0.25) is 13.3 Å². The van der Waals surface area contributed by atoms with Gasteiger partial charge in [-0.15, -0.1) is 0 Å². The molecule has 1 aliphatic heterocycles. The van der Waals surface area contributed by atoms with Gasteiger partial charge in [0.15, 0.2) is 0 Å². The van der Waals surface area contributed by atoms with Crippen molar-refractivity contribution < 1.29 is 4.79 Å². The molecule has 0 amide bonds. The van der Waals surface area contributed by atoms with E-state index in [1.165, 1.54) is 57.5 Å². The number of nitrogens with zero attached hydrogens (tertiary/aromatic N) is 1. The molecule has 0 atom stereocenters. The molecule has 2 rings (SSSR count). The average Bonchev–Trinajstić information content (AvgIpc) is 2.74. The number of hydrogen-bond donors (Lipinski definition) is 0. The van der Waals surface area contributed by atoms with Gasteiger partial charge in [0.25, 0.3) is 0 Å². The van der Waals surface area contributed by atoms with Crippen molar-refractivity contribution in [2.75, 3.05) is 18.0 Å². The van der Waals surface area contributed by atoms with Crippen LogP contribution >= 0.6 is 0 Å². The van der Waals surface area contributed by atoms with Crippen molar-refractivity contribution >= 4 is 33.4 Å². The Morgan fingerprint density at radius 1 is 0.893 bits per heavy atom. The summed E-state index contributed by atoms with van der Waals surface area (Å²) in [4.78, 5) is 14.1. The Morgan fingerprint density at radius 3 is 1.75 bits per heavy atom. The van der Waals surface area contributed by atoms with Crippen LogP contribution < -0.4 is 8.48 Å². The maximum atomic E-state index is 11.6. The molecule has 1 aliphatic rings. The van der Waals surface area contributed by atoms with E-state index in [4.69, 9.17) is 0 Å². The molecular formula is C25H43NOSn. The van der Waals surface area contributed by atoms with Gasteiger partial charge in [-0.1, -0.05) is 0 Å². The molecule has 0 aliphatic carbocycles. The zero-order valence-electron chi connectivity index (χ0n) is 18.9. The van der Waals surface area contributed by atoms with E-state index in [9.17, 15) is 4.79 Å². The topological polar surface area (TPSA) is 20.3 Å². The molecule has 1 saturated heterocycles. The Balaban J connectivity index is 2.16. The van der Waals surface area contributed by atoms with Crippen molar-refractivity contribution in [3.63, 3.8) is 0 Å². The number of carbonyl (C=O) groups excluding carboxylic acids is 1. The average molecular weight is 492 g/mol. The molecule has 0 aromatic heterocycles. The van der Waals surface area contributed by atoms with E-state index in [1.807, 2.05) is 0 Å². The number of ketones is 1. The molecule has 1 aromatic carbocycles. The molecule has 0 N–H and O–H groups in total. The van der Waals surface area contributed by atoms with E-state index < -0.39 is 18.4 Å². The number of benzene rings is 1. The fraction of sp³-hybridized carbons (Fsp3) is 0.720. The molecular weight excluding hydrogens is 449 g/mol. The van der Waals surface area contributed by atoms with Gasteiger partial charge in [-0.25, -0.2) is 0 Å². The molecule has 0 bridgehead atoms. The van der Waals surface area contributed by atoms with E-state index >= 15 is 0 Å². The Labute approximate surface area is 178 Å². The van der Waals surface area contributed by atoms with Crippen LogP contribution in [0.5, 0.6) is 0 Å². The van der Waals surface area contributed by atoms with Crippen molar-refractivity contribution in [1.29, 1.82) is 0 Å². The van der Waals surface area contributed by atoms with Gasteiger partial charge in [0.1, 0.15) is 0 Å². The van der Waals surface area contributed by atoms with Gasteiger partial charge in [-0.05, 0) is 0 Å². The van der Waals surface area contributed by atoms with E-state index in [0.717, 1.165) is 25.9 Å². The Kier molecular flexibility index (Phi) is 10.4. The molecule has 0 spiro atoms. The number of hydrogen-bond acceptors (Lipinski definition) is 2. The summed E-state index contributed by atoms with van der Waals surface area (Å²) in [6, 6.07) is 9.84. The second-order valence-corrected chi connectivity index (χ2v) is 22.2. The molecule has 158 valence electrons. The van der Waals surface area contributed by atoms with Crippen LogP contribution in [0, 0.1) is 5.92 Å². The summed E-state index contributed by atoms with van der Waals surface area (Å²) in [6.45, 7) is 10.9. The molecule has 28 heavy (non-hydrogen) atoms. The summed E-state index contributed by atoms with van der Waals surface area (Å²) < 4.78 is 6.38. The van der Waals surface area contributed by atoms with Crippen LogP contribution in [0.4, 0.5) is 5.69 Å². The molecule has 1 heterocycles. The molecule has 0 unspecified atom stereocenters. The third kappa shape index (κ3) is 6.50. The number of rotatable bonds is 12. The Morgan fingerprint density at radius 2 is 1.36 bits per heavy atom. The number of unbranched alkanes of at least 4 members (excludes halogenated alkanes) is 3. The van der Waals surface area contributed by atoms with E-state index in [1.54, 1.807) is 10.5 Å². The second kappa shape index (κ2) is 12.2. The van der Waals surface area contributed by atoms with Gasteiger partial charge in [0.05, 0.1) is 0 Å². The summed E-state index contributed by atoms with van der Waals surface area (Å²) in [7, 11) is 0. The van der Waals surface area contributed by atoms with Crippen LogP contribution in [0.1, 0.15) is 79.1 Å². The molecule has 1 aromatic rings. The van der Waals surface area contributed by atoms with Crippen LogP contribution in [0.15, 0.2) is 24.3 Å². The second-order valence-electron chi connectivity index (χ2n) is 9.01. The third-order valence-electron chi connectivity index (χ3n) is 6.94. The van der Waals surface area contributed by atoms with Gasteiger partial charge >= 0.3 is 179 Å². The normalized spacial score (nSPS) is 15.8. The SMILES string of the molecule is CCC[CH2][Sn]([CH2]CCC)([CH2]CCC)[c]1ccc(N2CCC(C(C)=O)CC2)cc1. The van der Waals surface area contributed by atoms with Gasteiger partial charge in [-0.2, -0.15) is 0 Å². The molecule has 0 radical (unpaired) electrons. The summed E-state index contributed by atoms with van der Waals surface area (Å²) in [6.07, 6.45) is 10.3. The predicted octanol–water partition coefficient (Wildman–Crippen LogP) is 6.55. The number of carbonyl (C=O) groups is 1. The fourth-order valence-corrected chi connectivity index (χ4v) is 20.9. The monoisotopic (exact) mass is 493 g/mol.